The van der Waals surface area contributed by atoms with Gasteiger partial charge in [0.15, 0.2) is 5.78 Å². The van der Waals surface area contributed by atoms with Crippen molar-refractivity contribution in [3.63, 3.8) is 0 Å². The zero-order valence-corrected chi connectivity index (χ0v) is 6.02. The number of hydrogen-bond acceptors (Lipinski definition) is 2. The van der Waals surface area contributed by atoms with Gasteiger partial charge >= 0.3 is 0 Å². The Kier molecular flexibility index (Phi) is 2.15. The normalized spacial score (nSPS) is 18.3. The molecule has 0 aliphatic heterocycles. The molecule has 0 aromatic carbocycles. The monoisotopic (exact) mass is 136 g/mol. The van der Waals surface area contributed by atoms with E-state index in [-0.39, 0.29) is 5.78 Å². The lowest BCUT2D eigenvalue weighted by atomic mass is 9.94. The Morgan fingerprint density at radius 2 is 2.30 bits per heavy atom. The smallest absolute Gasteiger partial charge is 0.152 e. The lowest BCUT2D eigenvalue weighted by molar-refractivity contribution is -0.114. The summed E-state index contributed by atoms with van der Waals surface area (Å²) in [5.41, 5.74) is 0.321. The number of Topliss-reactive ketones (excluding diaryl/α,β-unsaturated/α-hetero) is 1. The highest BCUT2D eigenvalue weighted by molar-refractivity contribution is 6.37. The van der Waals surface area contributed by atoms with Crippen molar-refractivity contribution in [2.24, 2.45) is 0 Å². The molecule has 0 amide bonds. The maximum Gasteiger partial charge on any atom is 0.152 e. The average Bonchev–Trinajstić information content (AvgIpc) is 2.20. The van der Waals surface area contributed by atoms with E-state index in [2.05, 4.69) is 0 Å². The fourth-order valence-corrected chi connectivity index (χ4v) is 0.976. The molecule has 1 aliphatic carbocycles. The van der Waals surface area contributed by atoms with Crippen molar-refractivity contribution >= 4 is 13.6 Å². The fraction of sp³-hybridized carbons (Fsp3) is 0.571. The number of allylic oxidation sites excluding steroid dienone is 2. The first-order valence-corrected chi connectivity index (χ1v) is 3.40. The second kappa shape index (κ2) is 2.91. The van der Waals surface area contributed by atoms with Gasteiger partial charge in [-0.25, -0.2) is 0 Å². The minimum Gasteiger partial charge on any atom is -0.499 e. The van der Waals surface area contributed by atoms with Crippen molar-refractivity contribution < 1.29 is 9.53 Å². The highest BCUT2D eigenvalue weighted by Crippen LogP contribution is 2.20. The number of hydrogen-bond donors (Lipinski definition) is 0. The molecule has 0 aromatic rings. The molecule has 0 bridgehead atoms. The number of ether oxygens (including phenoxy) is 1. The van der Waals surface area contributed by atoms with Crippen molar-refractivity contribution in [3.8, 4) is 0 Å². The molecule has 0 atom stereocenters. The largest absolute Gasteiger partial charge is 0.499 e. The number of rotatable bonds is 2. The van der Waals surface area contributed by atoms with Crippen LogP contribution in [0.5, 0.6) is 0 Å². The topological polar surface area (TPSA) is 26.3 Å². The summed E-state index contributed by atoms with van der Waals surface area (Å²) in [6, 6.07) is 0. The van der Waals surface area contributed by atoms with Gasteiger partial charge in [-0.15, -0.1) is 0 Å². The van der Waals surface area contributed by atoms with E-state index < -0.39 is 0 Å². The predicted octanol–water partition coefficient (Wildman–Crippen LogP) is 0.766. The summed E-state index contributed by atoms with van der Waals surface area (Å²) in [5, 5.41) is 0. The van der Waals surface area contributed by atoms with Gasteiger partial charge in [0.1, 0.15) is 7.85 Å². The van der Waals surface area contributed by atoms with E-state index in [4.69, 9.17) is 12.6 Å². The standard InChI is InChI=1S/C7H9BO2/c1-2-10-6-4-3-5(9)7(6)8/h2-4H2,1H3. The molecule has 10 heavy (non-hydrogen) atoms. The molecule has 0 saturated carbocycles. The molecule has 0 aromatic heterocycles. The zero-order valence-electron chi connectivity index (χ0n) is 6.02. The molecule has 0 fully saturated rings. The first kappa shape index (κ1) is 7.38. The fourth-order valence-electron chi connectivity index (χ4n) is 0.976. The van der Waals surface area contributed by atoms with Gasteiger partial charge in [-0.1, -0.05) is 0 Å². The Labute approximate surface area is 61.7 Å². The Morgan fingerprint density at radius 3 is 2.70 bits per heavy atom. The molecule has 1 aliphatic rings. The zero-order chi connectivity index (χ0) is 7.56. The summed E-state index contributed by atoms with van der Waals surface area (Å²) in [6.07, 6.45) is 1.19. The third-order valence-electron chi connectivity index (χ3n) is 1.50. The van der Waals surface area contributed by atoms with E-state index in [1.807, 2.05) is 6.92 Å². The van der Waals surface area contributed by atoms with Crippen molar-refractivity contribution in [3.05, 3.63) is 11.2 Å². The van der Waals surface area contributed by atoms with Gasteiger partial charge in [0, 0.05) is 12.8 Å². The van der Waals surface area contributed by atoms with Crippen molar-refractivity contribution in [2.75, 3.05) is 6.61 Å². The second-order valence-corrected chi connectivity index (χ2v) is 2.19. The molecule has 2 radical (unpaired) electrons. The molecule has 0 N–H and O–H groups in total. The first-order valence-electron chi connectivity index (χ1n) is 3.40. The van der Waals surface area contributed by atoms with E-state index in [9.17, 15) is 4.79 Å². The van der Waals surface area contributed by atoms with Gasteiger partial charge < -0.3 is 4.74 Å². The number of carbonyl (C=O) groups excluding carboxylic acids is 1. The molecule has 2 nitrogen and oxygen atoms in total. The molecular formula is C7H9BO2. The predicted molar refractivity (Wildman–Crippen MR) is 38.6 cm³/mol. The van der Waals surface area contributed by atoms with Crippen molar-refractivity contribution in [1.29, 1.82) is 0 Å². The Balaban J connectivity index is 2.65. The molecule has 0 spiro atoms. The van der Waals surface area contributed by atoms with E-state index >= 15 is 0 Å². The maximum absolute atomic E-state index is 10.8. The van der Waals surface area contributed by atoms with Crippen molar-refractivity contribution in [2.45, 2.75) is 19.8 Å². The Bertz CT molecular complexity index is 184. The van der Waals surface area contributed by atoms with Gasteiger partial charge in [-0.05, 0) is 12.4 Å². The highest BCUT2D eigenvalue weighted by atomic mass is 16.5. The van der Waals surface area contributed by atoms with Crippen LogP contribution in [0.3, 0.4) is 0 Å². The summed E-state index contributed by atoms with van der Waals surface area (Å²) in [4.78, 5) is 10.8. The minimum absolute atomic E-state index is 0.0171. The minimum atomic E-state index is 0.0171. The molecule has 1 rings (SSSR count). The van der Waals surface area contributed by atoms with E-state index in [1.54, 1.807) is 0 Å². The lowest BCUT2D eigenvalue weighted by Crippen LogP contribution is -1.96. The van der Waals surface area contributed by atoms with E-state index in [0.717, 1.165) is 0 Å². The van der Waals surface area contributed by atoms with Crippen LogP contribution >= 0.6 is 0 Å². The third kappa shape index (κ3) is 1.23. The summed E-state index contributed by atoms with van der Waals surface area (Å²) >= 11 is 0. The van der Waals surface area contributed by atoms with Gasteiger partial charge in [-0.3, -0.25) is 4.79 Å². The Hall–Kier alpha value is -0.725. The first-order chi connectivity index (χ1) is 4.75. The van der Waals surface area contributed by atoms with Crippen LogP contribution in [0.25, 0.3) is 0 Å². The highest BCUT2D eigenvalue weighted by Gasteiger charge is 2.18. The van der Waals surface area contributed by atoms with Crippen LogP contribution in [0.2, 0.25) is 0 Å². The van der Waals surface area contributed by atoms with Gasteiger partial charge in [0.2, 0.25) is 0 Å². The van der Waals surface area contributed by atoms with Crippen LogP contribution in [-0.2, 0) is 9.53 Å². The number of ketones is 1. The summed E-state index contributed by atoms with van der Waals surface area (Å²) < 4.78 is 5.12. The van der Waals surface area contributed by atoms with Crippen LogP contribution in [0.4, 0.5) is 0 Å². The van der Waals surface area contributed by atoms with E-state index in [1.165, 1.54) is 0 Å². The van der Waals surface area contributed by atoms with Crippen molar-refractivity contribution in [1.82, 2.24) is 0 Å². The Morgan fingerprint density at radius 1 is 1.60 bits per heavy atom. The molecule has 3 heteroatoms. The van der Waals surface area contributed by atoms with Crippen LogP contribution < -0.4 is 0 Å². The quantitative estimate of drug-likeness (QED) is 0.524. The summed E-state index contributed by atoms with van der Waals surface area (Å²) in [6.45, 7) is 2.46. The third-order valence-corrected chi connectivity index (χ3v) is 1.50. The average molecular weight is 136 g/mol. The van der Waals surface area contributed by atoms with Crippen LogP contribution in [0.15, 0.2) is 11.2 Å². The van der Waals surface area contributed by atoms with Crippen LogP contribution in [-0.4, -0.2) is 20.2 Å². The molecule has 0 saturated heterocycles. The van der Waals surface area contributed by atoms with Crippen LogP contribution in [0.1, 0.15) is 19.8 Å². The lowest BCUT2D eigenvalue weighted by Gasteiger charge is -2.02. The summed E-state index contributed by atoms with van der Waals surface area (Å²) in [7, 11) is 5.41. The molecule has 0 heterocycles. The van der Waals surface area contributed by atoms with Gasteiger partial charge in [-0.2, -0.15) is 0 Å². The van der Waals surface area contributed by atoms with Crippen LogP contribution in [0, 0.1) is 0 Å². The van der Waals surface area contributed by atoms with E-state index in [0.29, 0.717) is 30.7 Å². The summed E-state index contributed by atoms with van der Waals surface area (Å²) in [5.74, 6) is 0.691. The van der Waals surface area contributed by atoms with Gasteiger partial charge in [0.25, 0.3) is 0 Å². The molecule has 0 unspecified atom stereocenters. The number of carbonyl (C=O) groups is 1. The molecular weight excluding hydrogens is 127 g/mol. The molecule has 52 valence electrons. The second-order valence-electron chi connectivity index (χ2n) is 2.19. The maximum atomic E-state index is 10.8. The SMILES string of the molecule is [B]C1=C(OCC)CCC1=O. The van der Waals surface area contributed by atoms with Gasteiger partial charge in [0.05, 0.1) is 12.4 Å².